The second-order valence-electron chi connectivity index (χ2n) is 12.9. The average molecular weight is 488 g/mol. The smallest absolute Gasteiger partial charge is 0.165 e. The second kappa shape index (κ2) is 6.86. The molecule has 1 unspecified atom stereocenters. The van der Waals surface area contributed by atoms with Gasteiger partial charge in [-0.2, -0.15) is 0 Å². The van der Waals surface area contributed by atoms with Crippen LogP contribution in [0.1, 0.15) is 62.1 Å². The van der Waals surface area contributed by atoms with Crippen molar-refractivity contribution in [1.82, 2.24) is 4.90 Å². The van der Waals surface area contributed by atoms with E-state index in [0.29, 0.717) is 11.8 Å². The summed E-state index contributed by atoms with van der Waals surface area (Å²) in [5.74, 6) is 1.69. The first-order valence-corrected chi connectivity index (χ1v) is 14.0. The molecule has 2 aliphatic heterocycles. The third-order valence-corrected chi connectivity index (χ3v) is 11.7. The summed E-state index contributed by atoms with van der Waals surface area (Å²) < 4.78 is 13.5. The Labute approximate surface area is 213 Å². The second-order valence-corrected chi connectivity index (χ2v) is 12.9. The molecule has 5 nitrogen and oxygen atoms in total. The minimum Gasteiger partial charge on any atom is -0.504 e. The van der Waals surface area contributed by atoms with E-state index in [2.05, 4.69) is 11.0 Å². The van der Waals surface area contributed by atoms with E-state index in [0.717, 1.165) is 50.1 Å². The highest BCUT2D eigenvalue weighted by Crippen LogP contribution is 2.78. The number of fused-ring (bicyclic) bond motifs is 2. The van der Waals surface area contributed by atoms with Crippen molar-refractivity contribution < 1.29 is 19.7 Å². The van der Waals surface area contributed by atoms with Crippen LogP contribution in [0.15, 0.2) is 42.5 Å². The Morgan fingerprint density at radius 1 is 1.11 bits per heavy atom. The molecule has 2 aromatic carbocycles. The highest BCUT2D eigenvalue weighted by atomic mass is 16.6. The molecule has 2 spiro atoms. The SMILES string of the molecule is CO[C@@]12CC[C@]3(CC1[C@@](C)(O)c1ccccc1)[C@@H]1Cc4ccc(O)c5c4[C@]3(CCN1CC1CC1)[C@@H]2O5. The van der Waals surface area contributed by atoms with Crippen molar-refractivity contribution in [3.05, 3.63) is 59.2 Å². The van der Waals surface area contributed by atoms with Crippen LogP contribution in [0.25, 0.3) is 0 Å². The average Bonchev–Trinajstić information content (AvgIpc) is 3.64. The van der Waals surface area contributed by atoms with Crippen LogP contribution in [0.3, 0.4) is 0 Å². The van der Waals surface area contributed by atoms with Crippen molar-refractivity contribution in [2.24, 2.45) is 17.3 Å². The number of piperidine rings is 1. The quantitative estimate of drug-likeness (QED) is 0.649. The van der Waals surface area contributed by atoms with Gasteiger partial charge in [-0.25, -0.2) is 0 Å². The number of phenolic OH excluding ortho intramolecular Hbond substituents is 1. The fourth-order valence-electron chi connectivity index (χ4n) is 10.0. The number of phenols is 1. The third kappa shape index (κ3) is 2.35. The molecule has 4 saturated carbocycles. The first-order valence-electron chi connectivity index (χ1n) is 14.0. The normalized spacial score (nSPS) is 41.5. The van der Waals surface area contributed by atoms with Gasteiger partial charge in [-0.1, -0.05) is 36.4 Å². The van der Waals surface area contributed by atoms with E-state index < -0.39 is 11.2 Å². The maximum atomic E-state index is 12.3. The summed E-state index contributed by atoms with van der Waals surface area (Å²) in [4.78, 5) is 2.81. The Morgan fingerprint density at radius 2 is 1.92 bits per heavy atom. The molecule has 2 N–H and O–H groups in total. The zero-order valence-corrected chi connectivity index (χ0v) is 21.4. The first-order chi connectivity index (χ1) is 17.4. The lowest BCUT2D eigenvalue weighted by Crippen LogP contribution is -2.82. The predicted octanol–water partition coefficient (Wildman–Crippen LogP) is 4.52. The van der Waals surface area contributed by atoms with Crippen LogP contribution >= 0.6 is 0 Å². The molecule has 0 amide bonds. The van der Waals surface area contributed by atoms with E-state index in [9.17, 15) is 10.2 Å². The molecule has 5 aliphatic carbocycles. The maximum absolute atomic E-state index is 12.3. The lowest BCUT2D eigenvalue weighted by Gasteiger charge is -2.75. The number of ether oxygens (including phenoxy) is 2. The van der Waals surface area contributed by atoms with Crippen LogP contribution in [0.5, 0.6) is 11.5 Å². The minimum atomic E-state index is -1.05. The standard InChI is InChI=1S/C31H37NO4/c1-28(34,21-6-4-3-5-7-21)23-17-29-12-13-31(23,35-2)27-30(29)14-15-32(18-19-8-9-19)24(29)16-20-10-11-22(33)26(36-27)25(20)30/h3-7,10-11,19,23-24,27,33-34H,8-9,12-18H2,1-2H3/t23?,24-,27-,28-,29-,30+,31-/m0/s1. The van der Waals surface area contributed by atoms with E-state index in [1.807, 2.05) is 50.4 Å². The van der Waals surface area contributed by atoms with Crippen molar-refractivity contribution in [2.45, 2.75) is 80.6 Å². The summed E-state index contributed by atoms with van der Waals surface area (Å²) in [5.41, 5.74) is 1.73. The monoisotopic (exact) mass is 487 g/mol. The van der Waals surface area contributed by atoms with E-state index in [1.54, 1.807) is 0 Å². The highest BCUT2D eigenvalue weighted by molar-refractivity contribution is 5.63. The Hall–Kier alpha value is -2.08. The first kappa shape index (κ1) is 22.0. The molecule has 2 heterocycles. The van der Waals surface area contributed by atoms with Gasteiger partial charge in [-0.3, -0.25) is 4.90 Å². The number of benzene rings is 2. The fourth-order valence-corrected chi connectivity index (χ4v) is 10.0. The number of hydrogen-bond acceptors (Lipinski definition) is 5. The van der Waals surface area contributed by atoms with Crippen molar-refractivity contribution in [3.8, 4) is 11.5 Å². The summed E-state index contributed by atoms with van der Waals surface area (Å²) in [7, 11) is 1.82. The Morgan fingerprint density at radius 3 is 2.67 bits per heavy atom. The summed E-state index contributed by atoms with van der Waals surface area (Å²) in [6, 6.07) is 14.6. The van der Waals surface area contributed by atoms with Gasteiger partial charge in [0.25, 0.3) is 0 Å². The molecule has 9 rings (SSSR count). The van der Waals surface area contributed by atoms with Crippen LogP contribution in [0.2, 0.25) is 0 Å². The van der Waals surface area contributed by atoms with Gasteiger partial charge in [0.2, 0.25) is 0 Å². The van der Waals surface area contributed by atoms with E-state index >= 15 is 0 Å². The number of rotatable bonds is 5. The molecular weight excluding hydrogens is 450 g/mol. The van der Waals surface area contributed by atoms with Crippen LogP contribution in [0.4, 0.5) is 0 Å². The topological polar surface area (TPSA) is 62.2 Å². The van der Waals surface area contributed by atoms with Gasteiger partial charge < -0.3 is 19.7 Å². The maximum Gasteiger partial charge on any atom is 0.165 e. The third-order valence-electron chi connectivity index (χ3n) is 11.7. The summed E-state index contributed by atoms with van der Waals surface area (Å²) in [5, 5.41) is 23.3. The fraction of sp³-hybridized carbons (Fsp3) is 0.613. The molecule has 190 valence electrons. The molecule has 7 atom stereocenters. The van der Waals surface area contributed by atoms with Crippen molar-refractivity contribution in [2.75, 3.05) is 20.2 Å². The van der Waals surface area contributed by atoms with Gasteiger partial charge in [-0.05, 0) is 81.5 Å². The predicted molar refractivity (Wildman–Crippen MR) is 136 cm³/mol. The van der Waals surface area contributed by atoms with Crippen molar-refractivity contribution >= 4 is 0 Å². The lowest BCUT2D eigenvalue weighted by molar-refractivity contribution is -0.304. The minimum absolute atomic E-state index is 0.000563. The van der Waals surface area contributed by atoms with Gasteiger partial charge in [0.1, 0.15) is 11.7 Å². The highest BCUT2D eigenvalue weighted by Gasteiger charge is 2.82. The summed E-state index contributed by atoms with van der Waals surface area (Å²) in [6.45, 7) is 4.27. The summed E-state index contributed by atoms with van der Waals surface area (Å²) >= 11 is 0. The number of nitrogens with zero attached hydrogens (tertiary/aromatic N) is 1. The van der Waals surface area contributed by atoms with Gasteiger partial charge in [0, 0.05) is 42.0 Å². The molecule has 4 bridgehead atoms. The Kier molecular flexibility index (Phi) is 4.18. The van der Waals surface area contributed by atoms with Crippen LogP contribution in [-0.4, -0.2) is 53.1 Å². The van der Waals surface area contributed by atoms with E-state index in [1.165, 1.54) is 30.5 Å². The lowest BCUT2D eigenvalue weighted by atomic mass is 9.33. The number of likely N-dealkylation sites (tertiary alicyclic amines) is 1. The number of aliphatic hydroxyl groups is 1. The molecule has 0 radical (unpaired) electrons. The van der Waals surface area contributed by atoms with Crippen LogP contribution < -0.4 is 4.74 Å². The van der Waals surface area contributed by atoms with Gasteiger partial charge in [-0.15, -0.1) is 0 Å². The molecule has 5 fully saturated rings. The summed E-state index contributed by atoms with van der Waals surface area (Å²) in [6.07, 6.45) is 7.45. The zero-order chi connectivity index (χ0) is 24.5. The van der Waals surface area contributed by atoms with E-state index in [4.69, 9.17) is 9.47 Å². The molecule has 1 saturated heterocycles. The number of methoxy groups -OCH3 is 1. The molecule has 2 aromatic rings. The van der Waals surface area contributed by atoms with Crippen molar-refractivity contribution in [3.63, 3.8) is 0 Å². The molecule has 36 heavy (non-hydrogen) atoms. The van der Waals surface area contributed by atoms with Crippen LogP contribution in [-0.2, 0) is 22.2 Å². The molecular formula is C31H37NO4. The largest absolute Gasteiger partial charge is 0.504 e. The van der Waals surface area contributed by atoms with Crippen LogP contribution in [0, 0.1) is 17.3 Å². The Bertz CT molecular complexity index is 1240. The molecule has 5 heteroatoms. The number of hydrogen-bond donors (Lipinski definition) is 2. The molecule has 0 aromatic heterocycles. The van der Waals surface area contributed by atoms with Gasteiger partial charge >= 0.3 is 0 Å². The van der Waals surface area contributed by atoms with Crippen molar-refractivity contribution in [1.29, 1.82) is 0 Å². The zero-order valence-electron chi connectivity index (χ0n) is 21.4. The molecule has 7 aliphatic rings. The Balaban J connectivity index is 1.36. The van der Waals surface area contributed by atoms with Gasteiger partial charge in [0.05, 0.1) is 5.60 Å². The van der Waals surface area contributed by atoms with Gasteiger partial charge in [0.15, 0.2) is 11.5 Å². The van der Waals surface area contributed by atoms with E-state index in [-0.39, 0.29) is 28.6 Å². The number of aromatic hydroxyl groups is 1.